The molecule has 1 saturated heterocycles. The third-order valence-corrected chi connectivity index (χ3v) is 5.17. The van der Waals surface area contributed by atoms with E-state index in [-0.39, 0.29) is 5.91 Å². The van der Waals surface area contributed by atoms with Crippen LogP contribution in [0.4, 0.5) is 5.69 Å². The molecule has 2 atom stereocenters. The van der Waals surface area contributed by atoms with E-state index < -0.39 is 0 Å². The van der Waals surface area contributed by atoms with Gasteiger partial charge in [0, 0.05) is 17.0 Å². The molecule has 0 radical (unpaired) electrons. The Bertz CT molecular complexity index is 473. The van der Waals surface area contributed by atoms with Crippen LogP contribution in [-0.2, 0) is 4.79 Å². The van der Waals surface area contributed by atoms with Crippen LogP contribution in [0.2, 0.25) is 5.02 Å². The Labute approximate surface area is 129 Å². The fourth-order valence-electron chi connectivity index (χ4n) is 2.20. The van der Waals surface area contributed by atoms with Gasteiger partial charge in [0.1, 0.15) is 0 Å². The van der Waals surface area contributed by atoms with Gasteiger partial charge in [0.25, 0.3) is 0 Å². The van der Waals surface area contributed by atoms with Crippen LogP contribution >= 0.6 is 23.4 Å². The first-order chi connectivity index (χ1) is 9.54. The highest BCUT2D eigenvalue weighted by Gasteiger charge is 2.18. The SMILES string of the molecule is Cc1ccc(NC(=O)CNC2CCC(C)SC2)c(Cl)c1. The quantitative estimate of drug-likeness (QED) is 0.894. The molecule has 2 N–H and O–H groups in total. The monoisotopic (exact) mass is 312 g/mol. The molecule has 1 aromatic rings. The number of halogens is 1. The fraction of sp³-hybridized carbons (Fsp3) is 0.533. The Balaban J connectivity index is 1.78. The molecule has 1 aliphatic heterocycles. The summed E-state index contributed by atoms with van der Waals surface area (Å²) in [5.74, 6) is 1.04. The molecule has 0 aliphatic carbocycles. The molecule has 5 heteroatoms. The summed E-state index contributed by atoms with van der Waals surface area (Å²) in [6, 6.07) is 6.07. The predicted molar refractivity (Wildman–Crippen MR) is 87.8 cm³/mol. The van der Waals surface area contributed by atoms with Crippen molar-refractivity contribution in [1.29, 1.82) is 0 Å². The third kappa shape index (κ3) is 4.69. The number of aryl methyl sites for hydroxylation is 1. The number of anilines is 1. The van der Waals surface area contributed by atoms with E-state index in [2.05, 4.69) is 17.6 Å². The molecule has 0 spiro atoms. The summed E-state index contributed by atoms with van der Waals surface area (Å²) >= 11 is 8.07. The maximum atomic E-state index is 11.9. The first kappa shape index (κ1) is 15.7. The first-order valence-electron chi connectivity index (χ1n) is 6.95. The number of carbonyl (C=O) groups is 1. The van der Waals surface area contributed by atoms with Crippen LogP contribution < -0.4 is 10.6 Å². The molecule has 1 aromatic carbocycles. The number of benzene rings is 1. The van der Waals surface area contributed by atoms with Crippen molar-refractivity contribution in [3.8, 4) is 0 Å². The minimum absolute atomic E-state index is 0.0422. The Kier molecular flexibility index (Phi) is 5.75. The second-order valence-corrected chi connectivity index (χ2v) is 7.21. The van der Waals surface area contributed by atoms with E-state index >= 15 is 0 Å². The van der Waals surface area contributed by atoms with Gasteiger partial charge in [0.2, 0.25) is 5.91 Å². The lowest BCUT2D eigenvalue weighted by molar-refractivity contribution is -0.115. The van der Waals surface area contributed by atoms with E-state index in [9.17, 15) is 4.79 Å². The van der Waals surface area contributed by atoms with Gasteiger partial charge in [0.05, 0.1) is 17.3 Å². The van der Waals surface area contributed by atoms with Crippen LogP contribution in [0.15, 0.2) is 18.2 Å². The summed E-state index contributed by atoms with van der Waals surface area (Å²) in [5.41, 5.74) is 1.76. The Morgan fingerprint density at radius 1 is 1.45 bits per heavy atom. The van der Waals surface area contributed by atoms with Crippen LogP contribution in [0.3, 0.4) is 0 Å². The van der Waals surface area contributed by atoms with Gasteiger partial charge in [-0.05, 0) is 37.5 Å². The minimum atomic E-state index is -0.0422. The molecule has 2 unspecified atom stereocenters. The molecule has 0 bridgehead atoms. The van der Waals surface area contributed by atoms with Gasteiger partial charge in [-0.15, -0.1) is 0 Å². The summed E-state index contributed by atoms with van der Waals surface area (Å²) in [6.07, 6.45) is 2.36. The molecule has 2 rings (SSSR count). The summed E-state index contributed by atoms with van der Waals surface area (Å²) < 4.78 is 0. The molecular weight excluding hydrogens is 292 g/mol. The lowest BCUT2D eigenvalue weighted by atomic mass is 10.1. The van der Waals surface area contributed by atoms with Gasteiger partial charge in [-0.3, -0.25) is 4.79 Å². The van der Waals surface area contributed by atoms with Gasteiger partial charge in [-0.1, -0.05) is 24.6 Å². The molecule has 1 aliphatic rings. The molecule has 0 saturated carbocycles. The molecule has 3 nitrogen and oxygen atoms in total. The van der Waals surface area contributed by atoms with Crippen molar-refractivity contribution in [3.63, 3.8) is 0 Å². The van der Waals surface area contributed by atoms with Crippen molar-refractivity contribution in [1.82, 2.24) is 5.32 Å². The third-order valence-electron chi connectivity index (χ3n) is 3.45. The van der Waals surface area contributed by atoms with Crippen LogP contribution in [-0.4, -0.2) is 29.5 Å². The van der Waals surface area contributed by atoms with Gasteiger partial charge in [-0.2, -0.15) is 11.8 Å². The maximum absolute atomic E-state index is 11.9. The van der Waals surface area contributed by atoms with Gasteiger partial charge < -0.3 is 10.6 Å². The second kappa shape index (κ2) is 7.34. The summed E-state index contributed by atoms with van der Waals surface area (Å²) in [5, 5.41) is 7.49. The van der Waals surface area contributed by atoms with Crippen LogP contribution in [0.1, 0.15) is 25.3 Å². The zero-order valence-corrected chi connectivity index (χ0v) is 13.5. The topological polar surface area (TPSA) is 41.1 Å². The summed E-state index contributed by atoms with van der Waals surface area (Å²) in [4.78, 5) is 11.9. The van der Waals surface area contributed by atoms with E-state index in [4.69, 9.17) is 11.6 Å². The zero-order chi connectivity index (χ0) is 14.5. The Morgan fingerprint density at radius 3 is 2.90 bits per heavy atom. The van der Waals surface area contributed by atoms with Crippen molar-refractivity contribution in [2.45, 2.75) is 38.0 Å². The molecule has 1 amide bonds. The average Bonchev–Trinajstić information content (AvgIpc) is 2.41. The number of nitrogens with one attached hydrogen (secondary N) is 2. The van der Waals surface area contributed by atoms with Crippen molar-refractivity contribution in [2.75, 3.05) is 17.6 Å². The Morgan fingerprint density at radius 2 is 2.25 bits per heavy atom. The van der Waals surface area contributed by atoms with E-state index in [0.29, 0.717) is 23.3 Å². The lowest BCUT2D eigenvalue weighted by Crippen LogP contribution is -2.40. The molecule has 0 aromatic heterocycles. The molecule has 1 fully saturated rings. The molecule has 20 heavy (non-hydrogen) atoms. The predicted octanol–water partition coefficient (Wildman–Crippen LogP) is 3.46. The Hall–Kier alpha value is -0.710. The summed E-state index contributed by atoms with van der Waals surface area (Å²) in [6.45, 7) is 4.57. The normalized spacial score (nSPS) is 22.6. The van der Waals surface area contributed by atoms with Crippen LogP contribution in [0.5, 0.6) is 0 Å². The minimum Gasteiger partial charge on any atom is -0.324 e. The van der Waals surface area contributed by atoms with Crippen LogP contribution in [0, 0.1) is 6.92 Å². The molecular formula is C15H21ClN2OS. The largest absolute Gasteiger partial charge is 0.324 e. The van der Waals surface area contributed by atoms with Gasteiger partial charge in [0.15, 0.2) is 0 Å². The highest BCUT2D eigenvalue weighted by atomic mass is 35.5. The van der Waals surface area contributed by atoms with Gasteiger partial charge >= 0.3 is 0 Å². The van der Waals surface area contributed by atoms with Gasteiger partial charge in [-0.25, -0.2) is 0 Å². The zero-order valence-electron chi connectivity index (χ0n) is 11.9. The number of amides is 1. The van der Waals surface area contributed by atoms with Crippen molar-refractivity contribution >= 4 is 35.0 Å². The van der Waals surface area contributed by atoms with E-state index in [1.807, 2.05) is 36.9 Å². The number of carbonyl (C=O) groups excluding carboxylic acids is 1. The van der Waals surface area contributed by atoms with E-state index in [0.717, 1.165) is 23.0 Å². The average molecular weight is 313 g/mol. The van der Waals surface area contributed by atoms with Crippen molar-refractivity contribution < 1.29 is 4.79 Å². The first-order valence-corrected chi connectivity index (χ1v) is 8.38. The van der Waals surface area contributed by atoms with Crippen LogP contribution in [0.25, 0.3) is 0 Å². The fourth-order valence-corrected chi connectivity index (χ4v) is 3.63. The number of rotatable bonds is 4. The second-order valence-electron chi connectivity index (χ2n) is 5.33. The van der Waals surface area contributed by atoms with Crippen molar-refractivity contribution in [3.05, 3.63) is 28.8 Å². The number of thioether (sulfide) groups is 1. The smallest absolute Gasteiger partial charge is 0.238 e. The number of hydrogen-bond donors (Lipinski definition) is 2. The van der Waals surface area contributed by atoms with E-state index in [1.54, 1.807) is 0 Å². The summed E-state index contributed by atoms with van der Waals surface area (Å²) in [7, 11) is 0. The van der Waals surface area contributed by atoms with E-state index in [1.165, 1.54) is 6.42 Å². The molecule has 110 valence electrons. The highest BCUT2D eigenvalue weighted by molar-refractivity contribution is 7.99. The number of hydrogen-bond acceptors (Lipinski definition) is 3. The van der Waals surface area contributed by atoms with Crippen molar-refractivity contribution in [2.24, 2.45) is 0 Å². The highest BCUT2D eigenvalue weighted by Crippen LogP contribution is 2.25. The standard InChI is InChI=1S/C15H21ClN2OS/c1-10-3-6-14(13(16)7-10)18-15(19)8-17-12-5-4-11(2)20-9-12/h3,6-7,11-12,17H,4-5,8-9H2,1-2H3,(H,18,19). The lowest BCUT2D eigenvalue weighted by Gasteiger charge is -2.26. The molecule has 1 heterocycles. The maximum Gasteiger partial charge on any atom is 0.238 e.